The van der Waals surface area contributed by atoms with Crippen LogP contribution in [0.5, 0.6) is 17.2 Å². The maximum Gasteiger partial charge on any atom is 0.260 e. The molecule has 1 fully saturated rings. The Labute approximate surface area is 193 Å². The summed E-state index contributed by atoms with van der Waals surface area (Å²) < 4.78 is 16.5. The number of aromatic nitrogens is 2. The van der Waals surface area contributed by atoms with Crippen LogP contribution in [0.4, 0.5) is 5.82 Å². The lowest BCUT2D eigenvalue weighted by Crippen LogP contribution is -2.50. The van der Waals surface area contributed by atoms with Crippen LogP contribution in [-0.2, 0) is 4.79 Å². The summed E-state index contributed by atoms with van der Waals surface area (Å²) in [5.41, 5.74) is 2.73. The van der Waals surface area contributed by atoms with Crippen molar-refractivity contribution in [1.29, 1.82) is 0 Å². The van der Waals surface area contributed by atoms with Gasteiger partial charge in [0.2, 0.25) is 0 Å². The minimum Gasteiger partial charge on any atom is -0.496 e. The highest BCUT2D eigenvalue weighted by Crippen LogP contribution is 2.29. The van der Waals surface area contributed by atoms with Crippen molar-refractivity contribution >= 4 is 11.7 Å². The summed E-state index contributed by atoms with van der Waals surface area (Å²) in [6, 6.07) is 17.3. The van der Waals surface area contributed by atoms with Crippen molar-refractivity contribution in [3.63, 3.8) is 0 Å². The number of para-hydroxylation sites is 1. The quantitative estimate of drug-likeness (QED) is 0.549. The Balaban J connectivity index is 1.32. The van der Waals surface area contributed by atoms with Gasteiger partial charge in [-0.1, -0.05) is 18.2 Å². The molecule has 1 aliphatic rings. The molecule has 1 aliphatic heterocycles. The van der Waals surface area contributed by atoms with E-state index in [0.717, 1.165) is 28.4 Å². The molecule has 2 aromatic carbocycles. The van der Waals surface area contributed by atoms with Crippen LogP contribution < -0.4 is 19.1 Å². The Bertz CT molecular complexity index is 1100. The highest BCUT2D eigenvalue weighted by molar-refractivity contribution is 5.78. The molecule has 0 radical (unpaired) electrons. The van der Waals surface area contributed by atoms with Gasteiger partial charge in [-0.05, 0) is 48.9 Å². The van der Waals surface area contributed by atoms with Crippen molar-refractivity contribution in [2.75, 3.05) is 51.9 Å². The molecule has 8 heteroatoms. The van der Waals surface area contributed by atoms with E-state index in [4.69, 9.17) is 14.2 Å². The van der Waals surface area contributed by atoms with E-state index in [2.05, 4.69) is 15.1 Å². The van der Waals surface area contributed by atoms with Gasteiger partial charge >= 0.3 is 0 Å². The third kappa shape index (κ3) is 5.16. The number of amides is 1. The van der Waals surface area contributed by atoms with Crippen LogP contribution >= 0.6 is 0 Å². The Hall–Kier alpha value is -3.81. The predicted octanol–water partition coefficient (Wildman–Crippen LogP) is 3.20. The van der Waals surface area contributed by atoms with Crippen LogP contribution in [-0.4, -0.2) is 68.0 Å². The van der Waals surface area contributed by atoms with Gasteiger partial charge < -0.3 is 24.0 Å². The van der Waals surface area contributed by atoms with Gasteiger partial charge in [0.25, 0.3) is 5.91 Å². The van der Waals surface area contributed by atoms with Gasteiger partial charge in [0.05, 0.1) is 19.9 Å². The molecule has 0 aliphatic carbocycles. The van der Waals surface area contributed by atoms with E-state index in [9.17, 15) is 4.79 Å². The standard InChI is InChI=1S/C25H28N4O4/c1-18-8-10-22(23(16-18)32-3)33-17-25(30)29-14-12-28(13-15-29)24-11-9-20(26-27-24)19-6-4-5-7-21(19)31-2/h4-11,16H,12-15,17H2,1-3H3. The topological polar surface area (TPSA) is 77.0 Å². The van der Waals surface area contributed by atoms with Gasteiger partial charge in [0, 0.05) is 31.7 Å². The summed E-state index contributed by atoms with van der Waals surface area (Å²) in [5.74, 6) is 2.71. The molecule has 33 heavy (non-hydrogen) atoms. The lowest BCUT2D eigenvalue weighted by atomic mass is 10.1. The first-order valence-corrected chi connectivity index (χ1v) is 10.9. The predicted molar refractivity (Wildman–Crippen MR) is 126 cm³/mol. The van der Waals surface area contributed by atoms with Crippen LogP contribution in [0.3, 0.4) is 0 Å². The number of nitrogens with zero attached hydrogens (tertiary/aromatic N) is 4. The minimum atomic E-state index is -0.0464. The zero-order valence-corrected chi connectivity index (χ0v) is 19.2. The lowest BCUT2D eigenvalue weighted by Gasteiger charge is -2.35. The molecule has 0 bridgehead atoms. The number of hydrogen-bond donors (Lipinski definition) is 0. The first-order chi connectivity index (χ1) is 16.1. The maximum atomic E-state index is 12.6. The molecule has 0 unspecified atom stereocenters. The Morgan fingerprint density at radius 3 is 2.33 bits per heavy atom. The molecule has 2 heterocycles. The maximum absolute atomic E-state index is 12.6. The number of methoxy groups -OCH3 is 2. The fourth-order valence-corrected chi connectivity index (χ4v) is 3.80. The Kier molecular flexibility index (Phi) is 6.92. The Morgan fingerprint density at radius 2 is 1.64 bits per heavy atom. The molecule has 1 saturated heterocycles. The van der Waals surface area contributed by atoms with Gasteiger partial charge in [0.1, 0.15) is 5.75 Å². The van der Waals surface area contributed by atoms with Crippen LogP contribution in [0.15, 0.2) is 54.6 Å². The SMILES string of the molecule is COc1cc(C)ccc1OCC(=O)N1CCN(c2ccc(-c3ccccc3OC)nn2)CC1. The molecule has 1 aromatic heterocycles. The van der Waals surface area contributed by atoms with Crippen molar-refractivity contribution in [2.45, 2.75) is 6.92 Å². The second-order valence-electron chi connectivity index (χ2n) is 7.79. The Morgan fingerprint density at radius 1 is 0.879 bits per heavy atom. The number of rotatable bonds is 7. The van der Waals surface area contributed by atoms with E-state index >= 15 is 0 Å². The summed E-state index contributed by atoms with van der Waals surface area (Å²) in [4.78, 5) is 16.6. The van der Waals surface area contributed by atoms with Crippen LogP contribution in [0.2, 0.25) is 0 Å². The molecule has 0 spiro atoms. The lowest BCUT2D eigenvalue weighted by molar-refractivity contribution is -0.133. The third-order valence-corrected chi connectivity index (χ3v) is 5.66. The van der Waals surface area contributed by atoms with Crippen molar-refractivity contribution in [1.82, 2.24) is 15.1 Å². The van der Waals surface area contributed by atoms with Gasteiger partial charge in [-0.25, -0.2) is 0 Å². The number of hydrogen-bond acceptors (Lipinski definition) is 7. The number of anilines is 1. The summed E-state index contributed by atoms with van der Waals surface area (Å²) in [7, 11) is 3.23. The third-order valence-electron chi connectivity index (χ3n) is 5.66. The molecule has 3 aromatic rings. The van der Waals surface area contributed by atoms with Crippen LogP contribution in [0.1, 0.15) is 5.56 Å². The normalized spacial score (nSPS) is 13.5. The fraction of sp³-hybridized carbons (Fsp3) is 0.320. The summed E-state index contributed by atoms with van der Waals surface area (Å²) in [6.45, 7) is 4.52. The van der Waals surface area contributed by atoms with E-state index in [0.29, 0.717) is 37.7 Å². The van der Waals surface area contributed by atoms with Crippen molar-refractivity contribution < 1.29 is 19.0 Å². The fourth-order valence-electron chi connectivity index (χ4n) is 3.80. The molecule has 0 saturated carbocycles. The number of ether oxygens (including phenoxy) is 3. The monoisotopic (exact) mass is 448 g/mol. The van der Waals surface area contributed by atoms with E-state index in [1.54, 1.807) is 14.2 Å². The number of benzene rings is 2. The van der Waals surface area contributed by atoms with E-state index in [1.165, 1.54) is 0 Å². The molecule has 8 nitrogen and oxygen atoms in total. The average molecular weight is 449 g/mol. The molecule has 0 atom stereocenters. The zero-order valence-electron chi connectivity index (χ0n) is 19.2. The van der Waals surface area contributed by atoms with Gasteiger partial charge in [-0.2, -0.15) is 0 Å². The van der Waals surface area contributed by atoms with Crippen LogP contribution in [0, 0.1) is 6.92 Å². The smallest absolute Gasteiger partial charge is 0.260 e. The number of carbonyl (C=O) groups is 1. The molecular weight excluding hydrogens is 420 g/mol. The highest BCUT2D eigenvalue weighted by Gasteiger charge is 2.23. The second kappa shape index (κ2) is 10.2. The number of carbonyl (C=O) groups excluding carboxylic acids is 1. The average Bonchev–Trinajstić information content (AvgIpc) is 2.88. The van der Waals surface area contributed by atoms with Crippen molar-refractivity contribution in [3.05, 3.63) is 60.2 Å². The van der Waals surface area contributed by atoms with E-state index < -0.39 is 0 Å². The van der Waals surface area contributed by atoms with Gasteiger partial charge in [0.15, 0.2) is 23.9 Å². The number of piperazine rings is 1. The number of aryl methyl sites for hydroxylation is 1. The molecule has 4 rings (SSSR count). The first-order valence-electron chi connectivity index (χ1n) is 10.9. The zero-order chi connectivity index (χ0) is 23.2. The second-order valence-corrected chi connectivity index (χ2v) is 7.79. The molecule has 0 N–H and O–H groups in total. The molecular formula is C25H28N4O4. The summed E-state index contributed by atoms with van der Waals surface area (Å²) in [6.07, 6.45) is 0. The first kappa shape index (κ1) is 22.4. The van der Waals surface area contributed by atoms with Gasteiger partial charge in [-0.15, -0.1) is 10.2 Å². The molecule has 1 amide bonds. The highest BCUT2D eigenvalue weighted by atomic mass is 16.5. The summed E-state index contributed by atoms with van der Waals surface area (Å²) in [5, 5.41) is 8.79. The van der Waals surface area contributed by atoms with Crippen molar-refractivity contribution in [3.8, 4) is 28.5 Å². The van der Waals surface area contributed by atoms with E-state index in [1.807, 2.05) is 66.4 Å². The van der Waals surface area contributed by atoms with Crippen LogP contribution in [0.25, 0.3) is 11.3 Å². The largest absolute Gasteiger partial charge is 0.496 e. The molecule has 172 valence electrons. The minimum absolute atomic E-state index is 0.0210. The van der Waals surface area contributed by atoms with Crippen molar-refractivity contribution in [2.24, 2.45) is 0 Å². The van der Waals surface area contributed by atoms with Gasteiger partial charge in [-0.3, -0.25) is 4.79 Å². The van der Waals surface area contributed by atoms with E-state index in [-0.39, 0.29) is 12.5 Å². The summed E-state index contributed by atoms with van der Waals surface area (Å²) >= 11 is 0.